The van der Waals surface area contributed by atoms with E-state index in [4.69, 9.17) is 0 Å². The van der Waals surface area contributed by atoms with Gasteiger partial charge in [-0.15, -0.1) is 0 Å². The topological polar surface area (TPSA) is 29.1 Å². The zero-order valence-electron chi connectivity index (χ0n) is 4.85. The fourth-order valence-corrected chi connectivity index (χ4v) is 0.224. The van der Waals surface area contributed by atoms with Gasteiger partial charge in [-0.1, -0.05) is 12.7 Å². The molecule has 0 spiro atoms. The first-order valence-corrected chi connectivity index (χ1v) is 2.35. The van der Waals surface area contributed by atoms with Crippen molar-refractivity contribution < 1.29 is 4.79 Å². The Balaban J connectivity index is 3.39. The molecule has 0 bridgehead atoms. The van der Waals surface area contributed by atoms with Gasteiger partial charge in [-0.25, -0.2) is 0 Å². The van der Waals surface area contributed by atoms with Gasteiger partial charge in [-0.3, -0.25) is 4.79 Å². The van der Waals surface area contributed by atoms with Crippen molar-refractivity contribution in [1.82, 2.24) is 5.32 Å². The summed E-state index contributed by atoms with van der Waals surface area (Å²) in [5.41, 5.74) is 0. The second-order valence-corrected chi connectivity index (χ2v) is 1.21. The van der Waals surface area contributed by atoms with Crippen LogP contribution in [-0.4, -0.2) is 5.91 Å². The maximum Gasteiger partial charge on any atom is 0.247 e. The molecular formula is C6H9NO. The number of carbonyl (C=O) groups is 1. The van der Waals surface area contributed by atoms with E-state index >= 15 is 0 Å². The van der Waals surface area contributed by atoms with Crippen LogP contribution in [0.4, 0.5) is 0 Å². The van der Waals surface area contributed by atoms with Gasteiger partial charge in [-0.05, 0) is 19.2 Å². The molecule has 8 heavy (non-hydrogen) atoms. The molecule has 0 fully saturated rings. The first kappa shape index (κ1) is 6.95. The number of amides is 1. The van der Waals surface area contributed by atoms with Crippen LogP contribution in [0.5, 0.6) is 0 Å². The van der Waals surface area contributed by atoms with E-state index in [2.05, 4.69) is 11.9 Å². The number of nitrogens with one attached hydrogen (secondary N) is 1. The highest BCUT2D eigenvalue weighted by Gasteiger charge is 1.82. The molecule has 2 nitrogen and oxygen atoms in total. The minimum atomic E-state index is -0.178. The molecule has 1 N–H and O–H groups in total. The second-order valence-electron chi connectivity index (χ2n) is 1.21. The fourth-order valence-electron chi connectivity index (χ4n) is 0.224. The van der Waals surface area contributed by atoms with Crippen LogP contribution in [0.3, 0.4) is 0 Å². The molecule has 0 saturated carbocycles. The summed E-state index contributed by atoms with van der Waals surface area (Å²) in [5, 5.41) is 2.44. The minimum Gasteiger partial charge on any atom is -0.329 e. The lowest BCUT2D eigenvalue weighted by Crippen LogP contribution is -2.12. The monoisotopic (exact) mass is 111 g/mol. The normalized spacial score (nSPS) is 9.12. The Morgan fingerprint density at radius 3 is 2.75 bits per heavy atom. The summed E-state index contributed by atoms with van der Waals surface area (Å²) in [6.07, 6.45) is 4.52. The van der Waals surface area contributed by atoms with Gasteiger partial charge < -0.3 is 5.32 Å². The average Bonchev–Trinajstić information content (AvgIpc) is 1.83. The summed E-state index contributed by atoms with van der Waals surface area (Å²) in [6.45, 7) is 5.09. The van der Waals surface area contributed by atoms with E-state index in [9.17, 15) is 4.79 Å². The van der Waals surface area contributed by atoms with Crippen LogP contribution in [0.1, 0.15) is 6.92 Å². The van der Waals surface area contributed by atoms with E-state index in [0.29, 0.717) is 0 Å². The van der Waals surface area contributed by atoms with E-state index in [1.165, 1.54) is 6.08 Å². The van der Waals surface area contributed by atoms with Crippen LogP contribution in [-0.2, 0) is 4.79 Å². The van der Waals surface area contributed by atoms with E-state index in [1.54, 1.807) is 12.3 Å². The zero-order valence-corrected chi connectivity index (χ0v) is 4.85. The Morgan fingerprint density at radius 2 is 2.38 bits per heavy atom. The van der Waals surface area contributed by atoms with Crippen molar-refractivity contribution in [1.29, 1.82) is 0 Å². The van der Waals surface area contributed by atoms with Crippen LogP contribution in [0.15, 0.2) is 24.9 Å². The van der Waals surface area contributed by atoms with Crippen molar-refractivity contribution in [2.75, 3.05) is 0 Å². The van der Waals surface area contributed by atoms with Crippen LogP contribution in [0.25, 0.3) is 0 Å². The quantitative estimate of drug-likeness (QED) is 0.525. The van der Waals surface area contributed by atoms with Crippen molar-refractivity contribution >= 4 is 5.91 Å². The minimum absolute atomic E-state index is 0.178. The lowest BCUT2D eigenvalue weighted by atomic mass is 10.6. The predicted octanol–water partition coefficient (Wildman–Crippen LogP) is 0.822. The van der Waals surface area contributed by atoms with E-state index in [1.807, 2.05) is 6.92 Å². The van der Waals surface area contributed by atoms with Crippen LogP contribution >= 0.6 is 0 Å². The van der Waals surface area contributed by atoms with E-state index in [0.717, 1.165) is 0 Å². The standard InChI is InChI=1S/C6H9NO/c1-3-5-7-6(8)4-2/h3-5H,2H2,1H3,(H,7,8)/b5-3+. The molecule has 0 saturated heterocycles. The van der Waals surface area contributed by atoms with Crippen molar-refractivity contribution in [2.24, 2.45) is 0 Å². The first-order valence-electron chi connectivity index (χ1n) is 2.35. The highest BCUT2D eigenvalue weighted by atomic mass is 16.1. The first-order chi connectivity index (χ1) is 3.81. The molecule has 0 aliphatic carbocycles. The lowest BCUT2D eigenvalue weighted by molar-refractivity contribution is -0.115. The Labute approximate surface area is 48.9 Å². The highest BCUT2D eigenvalue weighted by molar-refractivity contribution is 5.87. The Bertz CT molecular complexity index is 116. The predicted molar refractivity (Wildman–Crippen MR) is 33.2 cm³/mol. The third-order valence-corrected chi connectivity index (χ3v) is 0.578. The summed E-state index contributed by atoms with van der Waals surface area (Å²) in [6, 6.07) is 0. The Morgan fingerprint density at radius 1 is 1.75 bits per heavy atom. The molecule has 0 aromatic rings. The molecule has 0 aromatic carbocycles. The lowest BCUT2D eigenvalue weighted by Gasteiger charge is -1.87. The summed E-state index contributed by atoms with van der Waals surface area (Å²) in [7, 11) is 0. The zero-order chi connectivity index (χ0) is 6.41. The van der Waals surface area contributed by atoms with E-state index in [-0.39, 0.29) is 5.91 Å². The summed E-state index contributed by atoms with van der Waals surface area (Å²) in [4.78, 5) is 10.3. The van der Waals surface area contributed by atoms with Crippen molar-refractivity contribution in [2.45, 2.75) is 6.92 Å². The van der Waals surface area contributed by atoms with Gasteiger partial charge in [0.2, 0.25) is 5.91 Å². The molecular weight excluding hydrogens is 102 g/mol. The molecule has 0 rings (SSSR count). The Kier molecular flexibility index (Phi) is 3.58. The van der Waals surface area contributed by atoms with Gasteiger partial charge in [0.05, 0.1) is 0 Å². The number of hydrogen-bond acceptors (Lipinski definition) is 1. The number of hydrogen-bond donors (Lipinski definition) is 1. The van der Waals surface area contributed by atoms with Crippen molar-refractivity contribution in [3.05, 3.63) is 24.9 Å². The van der Waals surface area contributed by atoms with Gasteiger partial charge in [-0.2, -0.15) is 0 Å². The molecule has 1 amide bonds. The summed E-state index contributed by atoms with van der Waals surface area (Å²) in [5.74, 6) is -0.178. The molecule has 0 radical (unpaired) electrons. The van der Waals surface area contributed by atoms with Crippen LogP contribution in [0.2, 0.25) is 0 Å². The fraction of sp³-hybridized carbons (Fsp3) is 0.167. The molecule has 0 aliphatic heterocycles. The largest absolute Gasteiger partial charge is 0.329 e. The summed E-state index contributed by atoms with van der Waals surface area (Å²) >= 11 is 0. The highest BCUT2D eigenvalue weighted by Crippen LogP contribution is 1.66. The third-order valence-electron chi connectivity index (χ3n) is 0.578. The maximum atomic E-state index is 10.3. The smallest absolute Gasteiger partial charge is 0.247 e. The third kappa shape index (κ3) is 3.15. The van der Waals surface area contributed by atoms with Crippen molar-refractivity contribution in [3.63, 3.8) is 0 Å². The van der Waals surface area contributed by atoms with Gasteiger partial charge in [0.1, 0.15) is 0 Å². The Hall–Kier alpha value is -1.05. The molecule has 2 heteroatoms. The molecule has 0 aromatic heterocycles. The van der Waals surface area contributed by atoms with Crippen molar-refractivity contribution in [3.8, 4) is 0 Å². The van der Waals surface area contributed by atoms with Gasteiger partial charge in [0.15, 0.2) is 0 Å². The molecule has 0 aliphatic rings. The molecule has 44 valence electrons. The van der Waals surface area contributed by atoms with Crippen LogP contribution in [0, 0.1) is 0 Å². The summed E-state index contributed by atoms with van der Waals surface area (Å²) < 4.78 is 0. The number of carbonyl (C=O) groups excluding carboxylic acids is 1. The van der Waals surface area contributed by atoms with Gasteiger partial charge >= 0.3 is 0 Å². The SMILES string of the molecule is C=CC(=O)N/C=C/C. The maximum absolute atomic E-state index is 10.3. The molecule has 0 atom stereocenters. The number of rotatable bonds is 2. The second kappa shape index (κ2) is 4.12. The molecule has 0 heterocycles. The van der Waals surface area contributed by atoms with Gasteiger partial charge in [0, 0.05) is 0 Å². The average molecular weight is 111 g/mol. The van der Waals surface area contributed by atoms with Gasteiger partial charge in [0.25, 0.3) is 0 Å². The van der Waals surface area contributed by atoms with E-state index < -0.39 is 0 Å². The number of allylic oxidation sites excluding steroid dienone is 1. The molecule has 0 unspecified atom stereocenters. The van der Waals surface area contributed by atoms with Crippen LogP contribution < -0.4 is 5.32 Å².